The second-order valence-electron chi connectivity index (χ2n) is 9.09. The largest absolute Gasteiger partial charge is 0.483 e. The molecule has 0 aromatic heterocycles. The first-order valence-electron chi connectivity index (χ1n) is 12.2. The van der Waals surface area contributed by atoms with E-state index < -0.39 is 6.04 Å². The van der Waals surface area contributed by atoms with Gasteiger partial charge in [0.2, 0.25) is 5.91 Å². The van der Waals surface area contributed by atoms with Crippen molar-refractivity contribution in [1.29, 1.82) is 0 Å². The van der Waals surface area contributed by atoms with Gasteiger partial charge >= 0.3 is 0 Å². The lowest BCUT2D eigenvalue weighted by Gasteiger charge is -2.32. The van der Waals surface area contributed by atoms with Gasteiger partial charge in [0.15, 0.2) is 6.61 Å². The molecule has 2 atom stereocenters. The van der Waals surface area contributed by atoms with Crippen molar-refractivity contribution in [3.8, 4) is 5.75 Å². The summed E-state index contributed by atoms with van der Waals surface area (Å²) in [6.07, 6.45) is 1.23. The molecule has 0 bridgehead atoms. The Morgan fingerprint density at radius 2 is 1.54 bits per heavy atom. The third-order valence-electron chi connectivity index (χ3n) is 6.15. The van der Waals surface area contributed by atoms with Crippen molar-refractivity contribution in [3.63, 3.8) is 0 Å². The molecule has 3 rings (SSSR count). The predicted molar refractivity (Wildman–Crippen MR) is 140 cm³/mol. The zero-order chi connectivity index (χ0) is 25.2. The van der Waals surface area contributed by atoms with Crippen LogP contribution in [-0.4, -0.2) is 35.4 Å². The standard InChI is InChI=1S/C30H36N2O3/c1-5-24(4)31-30(34)27(19-25-12-8-6-9-13-25)32(20-26-14-10-7-11-15-26)29(33)21-35-28-17-16-22(2)18-23(28)3/h6-18,24,27H,5,19-21H2,1-4H3,(H,31,34)/t24-,27+/m0/s1. The van der Waals surface area contributed by atoms with Crippen molar-refractivity contribution in [2.24, 2.45) is 0 Å². The molecule has 0 unspecified atom stereocenters. The van der Waals surface area contributed by atoms with Crippen LogP contribution in [0.4, 0.5) is 0 Å². The minimum absolute atomic E-state index is 0.0147. The van der Waals surface area contributed by atoms with Gasteiger partial charge in [0.05, 0.1) is 0 Å². The summed E-state index contributed by atoms with van der Waals surface area (Å²) in [7, 11) is 0. The Kier molecular flexibility index (Phi) is 9.47. The van der Waals surface area contributed by atoms with Gasteiger partial charge in [0.25, 0.3) is 5.91 Å². The summed E-state index contributed by atoms with van der Waals surface area (Å²) in [5.41, 5.74) is 4.07. The molecule has 5 nitrogen and oxygen atoms in total. The minimum atomic E-state index is -0.665. The summed E-state index contributed by atoms with van der Waals surface area (Å²) in [6, 6.07) is 24.8. The Bertz CT molecular complexity index is 1100. The molecule has 3 aromatic rings. The number of nitrogens with one attached hydrogen (secondary N) is 1. The van der Waals surface area contributed by atoms with Crippen LogP contribution in [0.2, 0.25) is 0 Å². The first kappa shape index (κ1) is 26.0. The van der Waals surface area contributed by atoms with E-state index in [9.17, 15) is 9.59 Å². The van der Waals surface area contributed by atoms with Crippen molar-refractivity contribution >= 4 is 11.8 Å². The first-order valence-corrected chi connectivity index (χ1v) is 12.2. The van der Waals surface area contributed by atoms with Gasteiger partial charge in [-0.15, -0.1) is 0 Å². The summed E-state index contributed by atoms with van der Waals surface area (Å²) in [6.45, 7) is 8.17. The van der Waals surface area contributed by atoms with E-state index in [-0.39, 0.29) is 24.5 Å². The van der Waals surface area contributed by atoms with Crippen LogP contribution in [0.1, 0.15) is 42.5 Å². The monoisotopic (exact) mass is 472 g/mol. The number of aryl methyl sites for hydroxylation is 2. The Morgan fingerprint density at radius 3 is 2.14 bits per heavy atom. The molecule has 2 amide bonds. The molecule has 0 spiro atoms. The van der Waals surface area contributed by atoms with E-state index in [1.165, 1.54) is 0 Å². The Balaban J connectivity index is 1.90. The number of carbonyl (C=O) groups is 2. The fourth-order valence-electron chi connectivity index (χ4n) is 3.96. The Hall–Kier alpha value is -3.60. The van der Waals surface area contributed by atoms with Crippen LogP contribution in [0, 0.1) is 13.8 Å². The average Bonchev–Trinajstić information content (AvgIpc) is 2.86. The lowest BCUT2D eigenvalue weighted by molar-refractivity contribution is -0.143. The molecule has 0 radical (unpaired) electrons. The number of carbonyl (C=O) groups excluding carboxylic acids is 2. The van der Waals surface area contributed by atoms with E-state index >= 15 is 0 Å². The lowest BCUT2D eigenvalue weighted by Crippen LogP contribution is -2.53. The smallest absolute Gasteiger partial charge is 0.261 e. The number of ether oxygens (including phenoxy) is 1. The third kappa shape index (κ3) is 7.71. The van der Waals surface area contributed by atoms with Crippen molar-refractivity contribution in [1.82, 2.24) is 10.2 Å². The van der Waals surface area contributed by atoms with Crippen LogP contribution < -0.4 is 10.1 Å². The maximum absolute atomic E-state index is 13.6. The van der Waals surface area contributed by atoms with Crippen LogP contribution in [-0.2, 0) is 22.6 Å². The number of nitrogens with zero attached hydrogens (tertiary/aromatic N) is 1. The number of hydrogen-bond acceptors (Lipinski definition) is 3. The molecule has 0 aliphatic heterocycles. The maximum atomic E-state index is 13.6. The number of amides is 2. The van der Waals surface area contributed by atoms with Crippen molar-refractivity contribution in [3.05, 3.63) is 101 Å². The van der Waals surface area contributed by atoms with Gasteiger partial charge in [-0.3, -0.25) is 9.59 Å². The summed E-state index contributed by atoms with van der Waals surface area (Å²) >= 11 is 0. The fraction of sp³-hybridized carbons (Fsp3) is 0.333. The zero-order valence-electron chi connectivity index (χ0n) is 21.2. The highest BCUT2D eigenvalue weighted by Gasteiger charge is 2.31. The van der Waals surface area contributed by atoms with Gasteiger partial charge in [-0.25, -0.2) is 0 Å². The molecule has 3 aromatic carbocycles. The highest BCUT2D eigenvalue weighted by Crippen LogP contribution is 2.20. The third-order valence-corrected chi connectivity index (χ3v) is 6.15. The summed E-state index contributed by atoms with van der Waals surface area (Å²) in [5.74, 6) is 0.292. The normalized spacial score (nSPS) is 12.5. The minimum Gasteiger partial charge on any atom is -0.483 e. The Morgan fingerprint density at radius 1 is 0.914 bits per heavy atom. The van der Waals surface area contributed by atoms with Crippen molar-refractivity contribution in [2.45, 2.75) is 59.2 Å². The predicted octanol–water partition coefficient (Wildman–Crippen LogP) is 5.24. The van der Waals surface area contributed by atoms with E-state index in [0.29, 0.717) is 18.7 Å². The van der Waals surface area contributed by atoms with Gasteiger partial charge in [0.1, 0.15) is 11.8 Å². The number of benzene rings is 3. The molecular formula is C30H36N2O3. The SMILES string of the molecule is CC[C@H](C)NC(=O)[C@@H](Cc1ccccc1)N(Cc1ccccc1)C(=O)COc1ccc(C)cc1C. The van der Waals surface area contributed by atoms with Gasteiger partial charge in [-0.2, -0.15) is 0 Å². The molecule has 0 aliphatic rings. The van der Waals surface area contributed by atoms with Crippen molar-refractivity contribution in [2.75, 3.05) is 6.61 Å². The fourth-order valence-corrected chi connectivity index (χ4v) is 3.96. The summed E-state index contributed by atoms with van der Waals surface area (Å²) < 4.78 is 5.93. The molecule has 184 valence electrons. The molecule has 1 N–H and O–H groups in total. The van der Waals surface area contributed by atoms with E-state index in [0.717, 1.165) is 28.7 Å². The topological polar surface area (TPSA) is 58.6 Å². The van der Waals surface area contributed by atoms with Gasteiger partial charge in [0, 0.05) is 19.0 Å². The lowest BCUT2D eigenvalue weighted by atomic mass is 10.0. The maximum Gasteiger partial charge on any atom is 0.261 e. The highest BCUT2D eigenvalue weighted by molar-refractivity contribution is 5.88. The van der Waals surface area contributed by atoms with Gasteiger partial charge in [-0.1, -0.05) is 85.3 Å². The van der Waals surface area contributed by atoms with Crippen molar-refractivity contribution < 1.29 is 14.3 Å². The molecular weight excluding hydrogens is 436 g/mol. The molecule has 35 heavy (non-hydrogen) atoms. The van der Waals surface area contributed by atoms with Gasteiger partial charge < -0.3 is 15.0 Å². The van der Waals surface area contributed by atoms with Crippen LogP contribution in [0.3, 0.4) is 0 Å². The van der Waals surface area contributed by atoms with E-state index in [1.54, 1.807) is 4.90 Å². The molecule has 0 fully saturated rings. The molecule has 0 heterocycles. The number of hydrogen-bond donors (Lipinski definition) is 1. The highest BCUT2D eigenvalue weighted by atomic mass is 16.5. The molecule has 5 heteroatoms. The zero-order valence-corrected chi connectivity index (χ0v) is 21.2. The number of rotatable bonds is 11. The quantitative estimate of drug-likeness (QED) is 0.415. The van der Waals surface area contributed by atoms with E-state index in [4.69, 9.17) is 4.74 Å². The average molecular weight is 473 g/mol. The molecule has 0 saturated heterocycles. The second kappa shape index (κ2) is 12.7. The van der Waals surface area contributed by atoms with Crippen LogP contribution in [0.15, 0.2) is 78.9 Å². The van der Waals surface area contributed by atoms with E-state index in [1.807, 2.05) is 107 Å². The Labute approximate surface area is 209 Å². The summed E-state index contributed by atoms with van der Waals surface area (Å²) in [5, 5.41) is 3.09. The molecule has 0 aliphatic carbocycles. The van der Waals surface area contributed by atoms with Crippen LogP contribution in [0.25, 0.3) is 0 Å². The van der Waals surface area contributed by atoms with Gasteiger partial charge in [-0.05, 0) is 49.9 Å². The first-order chi connectivity index (χ1) is 16.9. The summed E-state index contributed by atoms with van der Waals surface area (Å²) in [4.78, 5) is 28.7. The van der Waals surface area contributed by atoms with Crippen LogP contribution in [0.5, 0.6) is 5.75 Å². The van der Waals surface area contributed by atoms with E-state index in [2.05, 4.69) is 5.32 Å². The van der Waals surface area contributed by atoms with Crippen LogP contribution >= 0.6 is 0 Å². The molecule has 0 saturated carbocycles. The second-order valence-corrected chi connectivity index (χ2v) is 9.09.